The van der Waals surface area contributed by atoms with Gasteiger partial charge < -0.3 is 15.4 Å². The molecule has 0 bridgehead atoms. The van der Waals surface area contributed by atoms with Gasteiger partial charge in [-0.05, 0) is 36.6 Å². The molecule has 0 saturated carbocycles. The number of halogens is 1. The molecule has 0 radical (unpaired) electrons. The minimum Gasteiger partial charge on any atom is -0.398 e. The first-order chi connectivity index (χ1) is 11.6. The number of nitrogens with two attached hydrogens (primary N) is 1. The maximum atomic E-state index is 13.8. The van der Waals surface area contributed by atoms with Crippen molar-refractivity contribution in [3.63, 3.8) is 0 Å². The number of pyridine rings is 1. The summed E-state index contributed by atoms with van der Waals surface area (Å²) in [6.45, 7) is 2.02. The Morgan fingerprint density at radius 3 is 2.83 bits per heavy atom. The number of nitrogen functional groups attached to an aromatic ring is 1. The summed E-state index contributed by atoms with van der Waals surface area (Å²) in [5.74, 6) is 0.366. The number of hydrogen-bond donors (Lipinski definition) is 2. The van der Waals surface area contributed by atoms with E-state index in [1.54, 1.807) is 18.3 Å². The number of fused-ring (bicyclic) bond motifs is 2. The Hall–Kier alpha value is -2.47. The van der Waals surface area contributed by atoms with Gasteiger partial charge in [-0.2, -0.15) is 0 Å². The van der Waals surface area contributed by atoms with Crippen molar-refractivity contribution in [2.75, 3.05) is 23.8 Å². The monoisotopic (exact) mass is 326 g/mol. The number of anilines is 2. The van der Waals surface area contributed by atoms with Crippen molar-refractivity contribution >= 4 is 17.2 Å². The van der Waals surface area contributed by atoms with Crippen LogP contribution in [0.2, 0.25) is 0 Å². The van der Waals surface area contributed by atoms with E-state index in [2.05, 4.69) is 9.88 Å². The fraction of sp³-hybridized carbons (Fsp3) is 0.333. The zero-order valence-electron chi connectivity index (χ0n) is 13.3. The Morgan fingerprint density at radius 2 is 2.04 bits per heavy atom. The van der Waals surface area contributed by atoms with E-state index >= 15 is 0 Å². The molecule has 1 fully saturated rings. The Balaban J connectivity index is 1.89. The van der Waals surface area contributed by atoms with Crippen LogP contribution < -0.4 is 10.6 Å². The van der Waals surface area contributed by atoms with Gasteiger partial charge in [0.15, 0.2) is 0 Å². The highest BCUT2D eigenvalue weighted by Crippen LogP contribution is 2.35. The lowest BCUT2D eigenvalue weighted by molar-refractivity contribution is 0.0840. The van der Waals surface area contributed by atoms with Gasteiger partial charge in [-0.1, -0.05) is 6.07 Å². The smallest absolute Gasteiger partial charge is 0.140 e. The molecule has 2 aliphatic rings. The van der Waals surface area contributed by atoms with E-state index in [9.17, 15) is 4.39 Å². The van der Waals surface area contributed by atoms with Gasteiger partial charge >= 0.3 is 0 Å². The molecule has 1 aromatic carbocycles. The van der Waals surface area contributed by atoms with Crippen LogP contribution in [0.15, 0.2) is 30.5 Å². The van der Waals surface area contributed by atoms with Gasteiger partial charge in [-0.25, -0.2) is 9.37 Å². The summed E-state index contributed by atoms with van der Waals surface area (Å²) in [6, 6.07) is 6.59. The molecule has 0 amide bonds. The Kier molecular flexibility index (Phi) is 3.69. The van der Waals surface area contributed by atoms with Gasteiger partial charge in [0.2, 0.25) is 0 Å². The summed E-state index contributed by atoms with van der Waals surface area (Å²) in [5.41, 5.74) is 9.00. The molecule has 0 unspecified atom stereocenters. The Bertz CT molecular complexity index is 802. The summed E-state index contributed by atoms with van der Waals surface area (Å²) >= 11 is 0. The average molecular weight is 326 g/mol. The predicted octanol–water partition coefficient (Wildman–Crippen LogP) is 2.72. The van der Waals surface area contributed by atoms with Gasteiger partial charge in [0.1, 0.15) is 11.6 Å². The fourth-order valence-electron chi connectivity index (χ4n) is 3.55. The maximum Gasteiger partial charge on any atom is 0.140 e. The minimum atomic E-state index is -0.345. The van der Waals surface area contributed by atoms with Crippen LogP contribution >= 0.6 is 0 Å². The molecule has 3 N–H and O–H groups in total. The largest absolute Gasteiger partial charge is 0.398 e. The molecule has 6 heteroatoms. The first kappa shape index (κ1) is 15.1. The molecular weight excluding hydrogens is 307 g/mol. The molecule has 1 aromatic heterocycles. The fourth-order valence-corrected chi connectivity index (χ4v) is 3.55. The van der Waals surface area contributed by atoms with Crippen LogP contribution in [0.5, 0.6) is 0 Å². The average Bonchev–Trinajstić information content (AvgIpc) is 2.72. The van der Waals surface area contributed by atoms with Crippen molar-refractivity contribution < 1.29 is 9.13 Å². The molecular formula is C18H19FN4O. The van der Waals surface area contributed by atoms with E-state index in [0.717, 1.165) is 18.4 Å². The van der Waals surface area contributed by atoms with Crippen LogP contribution in [-0.4, -0.2) is 30.0 Å². The van der Waals surface area contributed by atoms with Crippen LogP contribution in [0.4, 0.5) is 15.9 Å². The van der Waals surface area contributed by atoms with E-state index in [1.165, 1.54) is 12.1 Å². The lowest BCUT2D eigenvalue weighted by Gasteiger charge is -2.35. The van der Waals surface area contributed by atoms with Crippen molar-refractivity contribution in [2.24, 2.45) is 0 Å². The van der Waals surface area contributed by atoms with Crippen molar-refractivity contribution in [3.8, 4) is 0 Å². The third-order valence-electron chi connectivity index (χ3n) is 4.80. The number of aromatic nitrogens is 1. The van der Waals surface area contributed by atoms with Gasteiger partial charge in [0.05, 0.1) is 11.3 Å². The van der Waals surface area contributed by atoms with Crippen molar-refractivity contribution in [1.82, 2.24) is 4.98 Å². The zero-order valence-corrected chi connectivity index (χ0v) is 13.3. The summed E-state index contributed by atoms with van der Waals surface area (Å²) < 4.78 is 19.2. The highest BCUT2D eigenvalue weighted by atomic mass is 19.1. The van der Waals surface area contributed by atoms with E-state index < -0.39 is 0 Å². The van der Waals surface area contributed by atoms with E-state index in [-0.39, 0.29) is 17.6 Å². The van der Waals surface area contributed by atoms with Crippen LogP contribution in [0.1, 0.15) is 29.5 Å². The van der Waals surface area contributed by atoms with Gasteiger partial charge in [0, 0.05) is 43.2 Å². The van der Waals surface area contributed by atoms with Crippen molar-refractivity contribution in [1.29, 1.82) is 5.41 Å². The number of nitrogens with zero attached hydrogens (tertiary/aromatic N) is 2. The molecule has 3 heterocycles. The summed E-state index contributed by atoms with van der Waals surface area (Å²) in [4.78, 5) is 6.72. The highest BCUT2D eigenvalue weighted by Gasteiger charge is 2.31. The van der Waals surface area contributed by atoms with E-state index in [0.29, 0.717) is 42.4 Å². The summed E-state index contributed by atoms with van der Waals surface area (Å²) in [5, 5.41) is 8.60. The standard InChI is InChI=1S/C18H19FN4O/c19-12-2-1-11-10-23(13-4-7-24-8-5-13)18-16(15(20)3-6-22-18)17(21)14(11)9-12/h1-3,6,9,13,21H,4-5,7-8,10H2,(H2,20,22). The third kappa shape index (κ3) is 2.43. The molecule has 2 aromatic rings. The van der Waals surface area contributed by atoms with Crippen molar-refractivity contribution in [3.05, 3.63) is 53.0 Å². The molecule has 0 aliphatic carbocycles. The predicted molar refractivity (Wildman–Crippen MR) is 91.0 cm³/mol. The number of nitrogens with one attached hydrogen (secondary N) is 1. The number of benzene rings is 1. The molecule has 4 rings (SSSR count). The molecule has 2 aliphatic heterocycles. The lowest BCUT2D eigenvalue weighted by atomic mass is 9.98. The first-order valence-corrected chi connectivity index (χ1v) is 8.11. The SMILES string of the molecule is N=C1c2cc(F)ccc2CN(C2CCOCC2)c2nccc(N)c21. The highest BCUT2D eigenvalue weighted by molar-refractivity contribution is 6.18. The van der Waals surface area contributed by atoms with Gasteiger partial charge in [-0.3, -0.25) is 5.41 Å². The van der Waals surface area contributed by atoms with Crippen LogP contribution in [0, 0.1) is 11.2 Å². The summed E-state index contributed by atoms with van der Waals surface area (Å²) in [7, 11) is 0. The van der Waals surface area contributed by atoms with E-state index in [1.807, 2.05) is 0 Å². The van der Waals surface area contributed by atoms with Gasteiger partial charge in [0.25, 0.3) is 0 Å². The number of ether oxygens (including phenoxy) is 1. The second-order valence-corrected chi connectivity index (χ2v) is 6.25. The molecule has 124 valence electrons. The second kappa shape index (κ2) is 5.87. The molecule has 24 heavy (non-hydrogen) atoms. The first-order valence-electron chi connectivity index (χ1n) is 8.11. The lowest BCUT2D eigenvalue weighted by Crippen LogP contribution is -2.39. The van der Waals surface area contributed by atoms with Gasteiger partial charge in [-0.15, -0.1) is 0 Å². The molecule has 0 atom stereocenters. The van der Waals surface area contributed by atoms with E-state index in [4.69, 9.17) is 15.9 Å². The second-order valence-electron chi connectivity index (χ2n) is 6.25. The Morgan fingerprint density at radius 1 is 1.25 bits per heavy atom. The van der Waals surface area contributed by atoms with Crippen LogP contribution in [0.3, 0.4) is 0 Å². The third-order valence-corrected chi connectivity index (χ3v) is 4.80. The van der Waals surface area contributed by atoms with Crippen LogP contribution in [-0.2, 0) is 11.3 Å². The van der Waals surface area contributed by atoms with Crippen LogP contribution in [0.25, 0.3) is 0 Å². The van der Waals surface area contributed by atoms with Crippen molar-refractivity contribution in [2.45, 2.75) is 25.4 Å². The molecule has 5 nitrogen and oxygen atoms in total. The zero-order chi connectivity index (χ0) is 16.7. The topological polar surface area (TPSA) is 75.2 Å². The molecule has 0 spiro atoms. The number of rotatable bonds is 1. The normalized spacial score (nSPS) is 18.0. The number of hydrogen-bond acceptors (Lipinski definition) is 5. The Labute approximate surface area is 139 Å². The maximum absolute atomic E-state index is 13.8. The molecule has 1 saturated heterocycles. The quantitative estimate of drug-likeness (QED) is 0.845. The summed E-state index contributed by atoms with van der Waals surface area (Å²) in [6.07, 6.45) is 3.48. The minimum absolute atomic E-state index is 0.236.